The summed E-state index contributed by atoms with van der Waals surface area (Å²) >= 11 is 3.27. The van der Waals surface area contributed by atoms with Crippen molar-refractivity contribution < 1.29 is 19.5 Å². The Morgan fingerprint density at radius 1 is 1.42 bits per heavy atom. The van der Waals surface area contributed by atoms with Crippen LogP contribution in [-0.2, 0) is 9.59 Å². The SMILES string of the molecule is Cc1cc(Br)ccc1C(=O)N[C@H](CC(N)=O)C(=O)O. The highest BCUT2D eigenvalue weighted by Crippen LogP contribution is 2.16. The Morgan fingerprint density at radius 2 is 2.05 bits per heavy atom. The number of carboxylic acids is 1. The van der Waals surface area contributed by atoms with Gasteiger partial charge in [0.2, 0.25) is 5.91 Å². The molecule has 1 aromatic rings. The number of carbonyl (C=O) groups is 3. The number of nitrogens with two attached hydrogens (primary N) is 1. The zero-order chi connectivity index (χ0) is 14.6. The lowest BCUT2D eigenvalue weighted by atomic mass is 10.1. The van der Waals surface area contributed by atoms with Crippen molar-refractivity contribution in [2.45, 2.75) is 19.4 Å². The average molecular weight is 329 g/mol. The van der Waals surface area contributed by atoms with Crippen molar-refractivity contribution in [1.82, 2.24) is 5.32 Å². The van der Waals surface area contributed by atoms with Gasteiger partial charge in [-0.15, -0.1) is 0 Å². The van der Waals surface area contributed by atoms with Crippen LogP contribution in [0.5, 0.6) is 0 Å². The minimum atomic E-state index is -1.33. The van der Waals surface area contributed by atoms with Crippen LogP contribution in [0.3, 0.4) is 0 Å². The maximum atomic E-state index is 11.9. The summed E-state index contributed by atoms with van der Waals surface area (Å²) in [7, 11) is 0. The summed E-state index contributed by atoms with van der Waals surface area (Å²) < 4.78 is 0.813. The zero-order valence-electron chi connectivity index (χ0n) is 10.1. The van der Waals surface area contributed by atoms with Crippen LogP contribution in [-0.4, -0.2) is 28.9 Å². The van der Waals surface area contributed by atoms with Crippen LogP contribution in [0.25, 0.3) is 0 Å². The fourth-order valence-electron chi connectivity index (χ4n) is 1.52. The first-order chi connectivity index (χ1) is 8.81. The highest BCUT2D eigenvalue weighted by atomic mass is 79.9. The van der Waals surface area contributed by atoms with Gasteiger partial charge in [0.25, 0.3) is 5.91 Å². The van der Waals surface area contributed by atoms with Gasteiger partial charge < -0.3 is 16.2 Å². The van der Waals surface area contributed by atoms with Crippen LogP contribution in [0.2, 0.25) is 0 Å². The Bertz CT molecular complexity index is 530. The molecule has 1 rings (SSSR count). The van der Waals surface area contributed by atoms with E-state index in [1.54, 1.807) is 25.1 Å². The van der Waals surface area contributed by atoms with Crippen molar-refractivity contribution in [3.8, 4) is 0 Å². The zero-order valence-corrected chi connectivity index (χ0v) is 11.7. The minimum Gasteiger partial charge on any atom is -0.480 e. The Balaban J connectivity index is 2.87. The van der Waals surface area contributed by atoms with Crippen molar-refractivity contribution in [3.05, 3.63) is 33.8 Å². The standard InChI is InChI=1S/C12H13BrN2O4/c1-6-4-7(13)2-3-8(6)11(17)15-9(12(18)19)5-10(14)16/h2-4,9H,5H2,1H3,(H2,14,16)(H,15,17)(H,18,19)/t9-/m1/s1. The lowest BCUT2D eigenvalue weighted by molar-refractivity contribution is -0.140. The number of hydrogen-bond donors (Lipinski definition) is 3. The van der Waals surface area contributed by atoms with E-state index in [0.29, 0.717) is 11.1 Å². The van der Waals surface area contributed by atoms with Crippen LogP contribution in [0, 0.1) is 6.92 Å². The van der Waals surface area contributed by atoms with Gasteiger partial charge in [-0.1, -0.05) is 15.9 Å². The molecule has 0 aliphatic heterocycles. The molecule has 0 heterocycles. The summed E-state index contributed by atoms with van der Waals surface area (Å²) in [5.74, 6) is -2.65. The number of aliphatic carboxylic acids is 1. The molecular formula is C12H13BrN2O4. The third-order valence-corrected chi connectivity index (χ3v) is 2.94. The molecule has 0 bridgehead atoms. The maximum Gasteiger partial charge on any atom is 0.326 e. The van der Waals surface area contributed by atoms with E-state index in [-0.39, 0.29) is 0 Å². The smallest absolute Gasteiger partial charge is 0.326 e. The van der Waals surface area contributed by atoms with Gasteiger partial charge in [0, 0.05) is 10.0 Å². The molecule has 2 amide bonds. The topological polar surface area (TPSA) is 109 Å². The molecule has 19 heavy (non-hydrogen) atoms. The lowest BCUT2D eigenvalue weighted by Gasteiger charge is -2.14. The summed E-state index contributed by atoms with van der Waals surface area (Å²) in [4.78, 5) is 33.6. The van der Waals surface area contributed by atoms with E-state index in [2.05, 4.69) is 21.2 Å². The first-order valence-corrected chi connectivity index (χ1v) is 6.18. The van der Waals surface area contributed by atoms with Gasteiger partial charge in [-0.3, -0.25) is 9.59 Å². The van der Waals surface area contributed by atoms with Crippen LogP contribution in [0.4, 0.5) is 0 Å². The molecule has 0 unspecified atom stereocenters. The van der Waals surface area contributed by atoms with Gasteiger partial charge >= 0.3 is 5.97 Å². The molecule has 0 saturated heterocycles. The van der Waals surface area contributed by atoms with Crippen molar-refractivity contribution in [2.24, 2.45) is 5.73 Å². The molecule has 6 nitrogen and oxygen atoms in total. The van der Waals surface area contributed by atoms with Gasteiger partial charge in [0.1, 0.15) is 6.04 Å². The highest BCUT2D eigenvalue weighted by molar-refractivity contribution is 9.10. The summed E-state index contributed by atoms with van der Waals surface area (Å²) in [6.07, 6.45) is -0.448. The second kappa shape index (κ2) is 6.33. The number of aryl methyl sites for hydroxylation is 1. The lowest BCUT2D eigenvalue weighted by Crippen LogP contribution is -2.43. The molecular weight excluding hydrogens is 316 g/mol. The van der Waals surface area contributed by atoms with Crippen LogP contribution < -0.4 is 11.1 Å². The number of halogens is 1. The number of benzene rings is 1. The first-order valence-electron chi connectivity index (χ1n) is 5.39. The number of nitrogens with one attached hydrogen (secondary N) is 1. The Labute approximate surface area is 118 Å². The van der Waals surface area contributed by atoms with E-state index in [4.69, 9.17) is 10.8 Å². The van der Waals surface area contributed by atoms with Crippen molar-refractivity contribution >= 4 is 33.7 Å². The second-order valence-electron chi connectivity index (χ2n) is 3.99. The third kappa shape index (κ3) is 4.36. The number of primary amides is 1. The monoisotopic (exact) mass is 328 g/mol. The summed E-state index contributed by atoms with van der Waals surface area (Å²) in [5, 5.41) is 11.2. The van der Waals surface area contributed by atoms with E-state index in [1.807, 2.05) is 0 Å². The molecule has 0 radical (unpaired) electrons. The van der Waals surface area contributed by atoms with Crippen LogP contribution in [0.15, 0.2) is 22.7 Å². The quantitative estimate of drug-likeness (QED) is 0.743. The molecule has 0 saturated carbocycles. The predicted octanol–water partition coefficient (Wildman–Crippen LogP) is 0.816. The van der Waals surface area contributed by atoms with Crippen molar-refractivity contribution in [3.63, 3.8) is 0 Å². The molecule has 0 spiro atoms. The Hall–Kier alpha value is -1.89. The third-order valence-electron chi connectivity index (χ3n) is 2.44. The van der Waals surface area contributed by atoms with Crippen molar-refractivity contribution in [2.75, 3.05) is 0 Å². The average Bonchev–Trinajstić information content (AvgIpc) is 2.26. The van der Waals surface area contributed by atoms with Crippen LogP contribution >= 0.6 is 15.9 Å². The number of rotatable bonds is 5. The highest BCUT2D eigenvalue weighted by Gasteiger charge is 2.23. The molecule has 102 valence electrons. The fourth-order valence-corrected chi connectivity index (χ4v) is 1.99. The van der Waals surface area contributed by atoms with Gasteiger partial charge in [0.15, 0.2) is 0 Å². The largest absolute Gasteiger partial charge is 0.480 e. The molecule has 0 aliphatic rings. The van der Waals surface area contributed by atoms with Gasteiger partial charge in [-0.2, -0.15) is 0 Å². The molecule has 4 N–H and O–H groups in total. The first kappa shape index (κ1) is 15.2. The molecule has 0 aromatic heterocycles. The van der Waals surface area contributed by atoms with E-state index < -0.39 is 30.2 Å². The summed E-state index contributed by atoms with van der Waals surface area (Å²) in [5.41, 5.74) is 5.97. The molecule has 1 atom stereocenters. The Kier molecular flexibility index (Phi) is 5.05. The minimum absolute atomic E-state index is 0.346. The number of carboxylic acid groups (broad SMARTS) is 1. The molecule has 0 fully saturated rings. The number of carbonyl (C=O) groups excluding carboxylic acids is 2. The maximum absolute atomic E-state index is 11.9. The Morgan fingerprint density at radius 3 is 2.53 bits per heavy atom. The molecule has 1 aromatic carbocycles. The van der Waals surface area contributed by atoms with E-state index in [9.17, 15) is 14.4 Å². The predicted molar refractivity (Wildman–Crippen MR) is 71.6 cm³/mol. The number of hydrogen-bond acceptors (Lipinski definition) is 3. The number of amides is 2. The second-order valence-corrected chi connectivity index (χ2v) is 4.91. The van der Waals surface area contributed by atoms with Gasteiger partial charge in [0.05, 0.1) is 6.42 Å². The van der Waals surface area contributed by atoms with Crippen LogP contribution in [0.1, 0.15) is 22.3 Å². The van der Waals surface area contributed by atoms with E-state index in [1.165, 1.54) is 0 Å². The summed E-state index contributed by atoms with van der Waals surface area (Å²) in [6.45, 7) is 1.73. The van der Waals surface area contributed by atoms with E-state index in [0.717, 1.165) is 4.47 Å². The fraction of sp³-hybridized carbons (Fsp3) is 0.250. The van der Waals surface area contributed by atoms with E-state index >= 15 is 0 Å². The van der Waals surface area contributed by atoms with Gasteiger partial charge in [-0.25, -0.2) is 4.79 Å². The van der Waals surface area contributed by atoms with Crippen molar-refractivity contribution in [1.29, 1.82) is 0 Å². The molecule has 7 heteroatoms. The van der Waals surface area contributed by atoms with Gasteiger partial charge in [-0.05, 0) is 30.7 Å². The summed E-state index contributed by atoms with van der Waals surface area (Å²) in [6, 6.07) is 3.65. The normalized spacial score (nSPS) is 11.7. The molecule has 0 aliphatic carbocycles.